The molecular formula is C13H19NO2. The van der Waals surface area contributed by atoms with Gasteiger partial charge in [-0.1, -0.05) is 12.1 Å². The molecule has 2 N–H and O–H groups in total. The van der Waals surface area contributed by atoms with Gasteiger partial charge >= 0.3 is 0 Å². The van der Waals surface area contributed by atoms with Crippen LogP contribution in [0, 0.1) is 5.92 Å². The van der Waals surface area contributed by atoms with Crippen LogP contribution in [-0.4, -0.2) is 25.3 Å². The molecule has 2 rings (SSSR count). The molecule has 1 aliphatic carbocycles. The van der Waals surface area contributed by atoms with E-state index < -0.39 is 6.10 Å². The smallest absolute Gasteiger partial charge is 0.119 e. The Morgan fingerprint density at radius 1 is 1.50 bits per heavy atom. The lowest BCUT2D eigenvalue weighted by atomic mass is 10.1. The SMILES string of the molecule is COc1cccc(C(O)CNCC2CC2)c1. The fourth-order valence-corrected chi connectivity index (χ4v) is 1.71. The first kappa shape index (κ1) is 11.4. The van der Waals surface area contributed by atoms with Crippen molar-refractivity contribution in [3.05, 3.63) is 29.8 Å². The van der Waals surface area contributed by atoms with E-state index in [0.29, 0.717) is 6.54 Å². The highest BCUT2D eigenvalue weighted by Crippen LogP contribution is 2.27. The Balaban J connectivity index is 1.83. The second-order valence-electron chi connectivity index (χ2n) is 4.39. The number of methoxy groups -OCH3 is 1. The van der Waals surface area contributed by atoms with Gasteiger partial charge in [0.15, 0.2) is 0 Å². The van der Waals surface area contributed by atoms with Crippen molar-refractivity contribution in [2.24, 2.45) is 5.92 Å². The monoisotopic (exact) mass is 221 g/mol. The predicted octanol–water partition coefficient (Wildman–Crippen LogP) is 1.73. The summed E-state index contributed by atoms with van der Waals surface area (Å²) in [4.78, 5) is 0. The number of nitrogens with one attached hydrogen (secondary N) is 1. The van der Waals surface area contributed by atoms with E-state index in [0.717, 1.165) is 23.8 Å². The van der Waals surface area contributed by atoms with Gasteiger partial charge in [0.25, 0.3) is 0 Å². The maximum absolute atomic E-state index is 9.96. The molecule has 1 aliphatic rings. The molecule has 0 bridgehead atoms. The maximum atomic E-state index is 9.96. The molecule has 0 aromatic heterocycles. The Hall–Kier alpha value is -1.06. The second-order valence-corrected chi connectivity index (χ2v) is 4.39. The molecule has 0 heterocycles. The highest BCUT2D eigenvalue weighted by molar-refractivity contribution is 5.29. The van der Waals surface area contributed by atoms with E-state index in [1.54, 1.807) is 7.11 Å². The topological polar surface area (TPSA) is 41.5 Å². The van der Waals surface area contributed by atoms with E-state index in [1.165, 1.54) is 12.8 Å². The molecule has 1 aromatic rings. The Morgan fingerprint density at radius 3 is 3.00 bits per heavy atom. The van der Waals surface area contributed by atoms with Gasteiger partial charge in [0.05, 0.1) is 13.2 Å². The minimum Gasteiger partial charge on any atom is -0.497 e. The minimum atomic E-state index is -0.450. The first-order valence-electron chi connectivity index (χ1n) is 5.82. The Morgan fingerprint density at radius 2 is 2.31 bits per heavy atom. The van der Waals surface area contributed by atoms with E-state index in [1.807, 2.05) is 24.3 Å². The molecule has 0 spiro atoms. The predicted molar refractivity (Wildman–Crippen MR) is 63.5 cm³/mol. The van der Waals surface area contributed by atoms with Crippen LogP contribution in [-0.2, 0) is 0 Å². The third-order valence-electron chi connectivity index (χ3n) is 2.95. The van der Waals surface area contributed by atoms with Gasteiger partial charge in [-0.25, -0.2) is 0 Å². The van der Waals surface area contributed by atoms with Crippen LogP contribution < -0.4 is 10.1 Å². The van der Waals surface area contributed by atoms with Crippen LogP contribution in [0.5, 0.6) is 5.75 Å². The Labute approximate surface area is 96.4 Å². The lowest BCUT2D eigenvalue weighted by Crippen LogP contribution is -2.23. The van der Waals surface area contributed by atoms with Crippen LogP contribution in [0.3, 0.4) is 0 Å². The standard InChI is InChI=1S/C13H19NO2/c1-16-12-4-2-3-11(7-12)13(15)9-14-8-10-5-6-10/h2-4,7,10,13-15H,5-6,8-9H2,1H3. The van der Waals surface area contributed by atoms with Gasteiger partial charge in [0, 0.05) is 6.54 Å². The molecule has 88 valence electrons. The summed E-state index contributed by atoms with van der Waals surface area (Å²) in [5.74, 6) is 1.64. The summed E-state index contributed by atoms with van der Waals surface area (Å²) in [6.07, 6.45) is 2.22. The molecular weight excluding hydrogens is 202 g/mol. The van der Waals surface area contributed by atoms with Gasteiger partial charge in [-0.15, -0.1) is 0 Å². The molecule has 3 nitrogen and oxygen atoms in total. The van der Waals surface area contributed by atoms with E-state index in [2.05, 4.69) is 5.32 Å². The summed E-state index contributed by atoms with van der Waals surface area (Å²) in [6.45, 7) is 1.64. The zero-order valence-electron chi connectivity index (χ0n) is 9.65. The van der Waals surface area contributed by atoms with Gasteiger partial charge < -0.3 is 15.2 Å². The van der Waals surface area contributed by atoms with Crippen LogP contribution >= 0.6 is 0 Å². The van der Waals surface area contributed by atoms with Gasteiger partial charge in [-0.3, -0.25) is 0 Å². The van der Waals surface area contributed by atoms with Gasteiger partial charge in [0.2, 0.25) is 0 Å². The van der Waals surface area contributed by atoms with E-state index >= 15 is 0 Å². The number of benzene rings is 1. The lowest BCUT2D eigenvalue weighted by Gasteiger charge is -2.12. The van der Waals surface area contributed by atoms with Gasteiger partial charge in [-0.2, -0.15) is 0 Å². The summed E-state index contributed by atoms with van der Waals surface area (Å²) in [7, 11) is 1.64. The summed E-state index contributed by atoms with van der Waals surface area (Å²) in [5, 5.41) is 13.2. The van der Waals surface area contributed by atoms with Crippen molar-refractivity contribution in [2.45, 2.75) is 18.9 Å². The number of hydrogen-bond donors (Lipinski definition) is 2. The number of aliphatic hydroxyl groups is 1. The minimum absolute atomic E-state index is 0.450. The summed E-state index contributed by atoms with van der Waals surface area (Å²) in [5.41, 5.74) is 0.905. The molecule has 1 aromatic carbocycles. The molecule has 3 heteroatoms. The molecule has 1 saturated carbocycles. The lowest BCUT2D eigenvalue weighted by molar-refractivity contribution is 0.174. The zero-order valence-corrected chi connectivity index (χ0v) is 9.65. The Kier molecular flexibility index (Phi) is 3.80. The maximum Gasteiger partial charge on any atom is 0.119 e. The number of aliphatic hydroxyl groups excluding tert-OH is 1. The van der Waals surface area contributed by atoms with Crippen molar-refractivity contribution < 1.29 is 9.84 Å². The second kappa shape index (κ2) is 5.32. The fraction of sp³-hybridized carbons (Fsp3) is 0.538. The molecule has 1 unspecified atom stereocenters. The fourth-order valence-electron chi connectivity index (χ4n) is 1.71. The molecule has 0 saturated heterocycles. The third-order valence-corrected chi connectivity index (χ3v) is 2.95. The molecule has 0 radical (unpaired) electrons. The normalized spacial score (nSPS) is 17.1. The van der Waals surface area contributed by atoms with Crippen molar-refractivity contribution in [1.82, 2.24) is 5.32 Å². The summed E-state index contributed by atoms with van der Waals surface area (Å²) >= 11 is 0. The number of rotatable bonds is 6. The first-order chi connectivity index (χ1) is 7.79. The van der Waals surface area contributed by atoms with E-state index in [4.69, 9.17) is 4.74 Å². The van der Waals surface area contributed by atoms with Crippen molar-refractivity contribution >= 4 is 0 Å². The van der Waals surface area contributed by atoms with Crippen molar-refractivity contribution in [2.75, 3.05) is 20.2 Å². The highest BCUT2D eigenvalue weighted by atomic mass is 16.5. The van der Waals surface area contributed by atoms with Gasteiger partial charge in [-0.05, 0) is 43.0 Å². The molecule has 1 fully saturated rings. The van der Waals surface area contributed by atoms with Gasteiger partial charge in [0.1, 0.15) is 5.75 Å². The largest absolute Gasteiger partial charge is 0.497 e. The quantitative estimate of drug-likeness (QED) is 0.768. The molecule has 16 heavy (non-hydrogen) atoms. The van der Waals surface area contributed by atoms with Crippen LogP contribution in [0.25, 0.3) is 0 Å². The average Bonchev–Trinajstić information content (AvgIpc) is 3.13. The molecule has 0 amide bonds. The third kappa shape index (κ3) is 3.22. The van der Waals surface area contributed by atoms with Crippen molar-refractivity contribution in [1.29, 1.82) is 0 Å². The molecule has 0 aliphatic heterocycles. The highest BCUT2D eigenvalue weighted by Gasteiger charge is 2.20. The average molecular weight is 221 g/mol. The van der Waals surface area contributed by atoms with Crippen LogP contribution in [0.4, 0.5) is 0 Å². The molecule has 1 atom stereocenters. The summed E-state index contributed by atoms with van der Waals surface area (Å²) < 4.78 is 5.13. The Bertz CT molecular complexity index is 336. The van der Waals surface area contributed by atoms with Crippen molar-refractivity contribution in [3.63, 3.8) is 0 Å². The summed E-state index contributed by atoms with van der Waals surface area (Å²) in [6, 6.07) is 7.58. The number of ether oxygens (including phenoxy) is 1. The first-order valence-corrected chi connectivity index (χ1v) is 5.82. The van der Waals surface area contributed by atoms with Crippen LogP contribution in [0.2, 0.25) is 0 Å². The van der Waals surface area contributed by atoms with Crippen LogP contribution in [0.1, 0.15) is 24.5 Å². The van der Waals surface area contributed by atoms with E-state index in [-0.39, 0.29) is 0 Å². The van der Waals surface area contributed by atoms with E-state index in [9.17, 15) is 5.11 Å². The van der Waals surface area contributed by atoms with Crippen molar-refractivity contribution in [3.8, 4) is 5.75 Å². The number of hydrogen-bond acceptors (Lipinski definition) is 3. The zero-order chi connectivity index (χ0) is 11.4. The van der Waals surface area contributed by atoms with Crippen LogP contribution in [0.15, 0.2) is 24.3 Å².